The molecule has 0 bridgehead atoms. The van der Waals surface area contributed by atoms with E-state index in [1.165, 1.54) is 10.4 Å². The average Bonchev–Trinajstić information content (AvgIpc) is 3.08. The number of aliphatic hydroxyl groups is 2. The molecule has 4 atom stereocenters. The Balaban J connectivity index is 1.70. The Kier molecular flexibility index (Phi) is 6.73. The van der Waals surface area contributed by atoms with Crippen molar-refractivity contribution in [2.24, 2.45) is 5.41 Å². The molecule has 178 valence electrons. The van der Waals surface area contributed by atoms with E-state index >= 15 is 0 Å². The third-order valence-electron chi connectivity index (χ3n) is 7.77. The van der Waals surface area contributed by atoms with Gasteiger partial charge in [-0.1, -0.05) is 87.5 Å². The van der Waals surface area contributed by atoms with Crippen molar-refractivity contribution in [3.63, 3.8) is 0 Å². The van der Waals surface area contributed by atoms with Gasteiger partial charge in [0, 0.05) is 6.42 Å². The lowest BCUT2D eigenvalue weighted by Crippen LogP contribution is -2.67. The molecule has 0 aromatic heterocycles. The van der Waals surface area contributed by atoms with E-state index in [0.717, 1.165) is 6.42 Å². The molecule has 2 aromatic carbocycles. The second-order valence-corrected chi connectivity index (χ2v) is 15.1. The van der Waals surface area contributed by atoms with E-state index in [1.807, 2.05) is 12.1 Å². The van der Waals surface area contributed by atoms with Crippen molar-refractivity contribution in [1.29, 1.82) is 0 Å². The Labute approximate surface area is 199 Å². The number of benzene rings is 2. The molecule has 1 aliphatic heterocycles. The van der Waals surface area contributed by atoms with Gasteiger partial charge in [0.2, 0.25) is 0 Å². The minimum atomic E-state index is -2.69. The summed E-state index contributed by atoms with van der Waals surface area (Å²) in [5, 5.41) is 24.7. The highest BCUT2D eigenvalue weighted by Crippen LogP contribution is 2.56. The molecule has 0 radical (unpaired) electrons. The molecule has 1 saturated heterocycles. The normalized spacial score (nSPS) is 30.1. The lowest BCUT2D eigenvalue weighted by molar-refractivity contribution is -0.278. The molecule has 2 aromatic rings. The van der Waals surface area contributed by atoms with E-state index in [9.17, 15) is 10.2 Å². The zero-order valence-corrected chi connectivity index (χ0v) is 21.2. The van der Waals surface area contributed by atoms with Gasteiger partial charge in [0.25, 0.3) is 8.32 Å². The molecule has 1 heterocycles. The van der Waals surface area contributed by atoms with Gasteiger partial charge >= 0.3 is 0 Å². The maximum atomic E-state index is 11.5. The summed E-state index contributed by atoms with van der Waals surface area (Å²) in [6.07, 6.45) is 3.97. The average molecular weight is 467 g/mol. The van der Waals surface area contributed by atoms with Gasteiger partial charge in [-0.15, -0.1) is 6.58 Å². The van der Waals surface area contributed by atoms with E-state index < -0.39 is 25.6 Å². The number of ether oxygens (including phenoxy) is 1. The maximum Gasteiger partial charge on any atom is 0.261 e. The second-order valence-electron chi connectivity index (χ2n) is 10.8. The molecular formula is C28H38O4Si. The molecule has 4 nitrogen and oxygen atoms in total. The molecule has 2 aliphatic rings. The molecule has 1 aliphatic carbocycles. The summed E-state index contributed by atoms with van der Waals surface area (Å²) in [7, 11) is -2.69. The zero-order valence-electron chi connectivity index (χ0n) is 20.2. The summed E-state index contributed by atoms with van der Waals surface area (Å²) in [5.74, 6) is -1.33. The summed E-state index contributed by atoms with van der Waals surface area (Å²) < 4.78 is 13.4. The fourth-order valence-corrected chi connectivity index (χ4v) is 10.8. The highest BCUT2D eigenvalue weighted by molar-refractivity contribution is 6.99. The summed E-state index contributed by atoms with van der Waals surface area (Å²) in [6, 6.07) is 21.1. The molecule has 2 N–H and O–H groups in total. The molecule has 0 unspecified atom stereocenters. The Bertz CT molecular complexity index is 902. The number of rotatable bonds is 7. The van der Waals surface area contributed by atoms with Gasteiger partial charge in [-0.25, -0.2) is 0 Å². The van der Waals surface area contributed by atoms with Crippen molar-refractivity contribution in [1.82, 2.24) is 0 Å². The van der Waals surface area contributed by atoms with Gasteiger partial charge < -0.3 is 19.4 Å². The number of allylic oxidation sites excluding steroid dienone is 1. The first-order valence-corrected chi connectivity index (χ1v) is 14.0. The van der Waals surface area contributed by atoms with Crippen LogP contribution in [0.4, 0.5) is 0 Å². The van der Waals surface area contributed by atoms with Crippen molar-refractivity contribution >= 4 is 18.7 Å². The number of hydrogen-bond acceptors (Lipinski definition) is 4. The quantitative estimate of drug-likeness (QED) is 0.475. The van der Waals surface area contributed by atoms with Gasteiger partial charge in [0.05, 0.1) is 24.2 Å². The van der Waals surface area contributed by atoms with Crippen LogP contribution in [0.1, 0.15) is 52.9 Å². The minimum absolute atomic E-state index is 0.129. The summed E-state index contributed by atoms with van der Waals surface area (Å²) in [4.78, 5) is 0. The highest BCUT2D eigenvalue weighted by atomic mass is 28.4. The van der Waals surface area contributed by atoms with Crippen LogP contribution in [-0.2, 0) is 9.16 Å². The van der Waals surface area contributed by atoms with Crippen LogP contribution in [0.2, 0.25) is 5.04 Å². The number of hydrogen-bond donors (Lipinski definition) is 2. The maximum absolute atomic E-state index is 11.5. The SMILES string of the molecule is C=CC[C@@]12C[C@@H](CO[Si](c3ccccc3)(c3ccccc3)C(C)(C)C)O[C@]1(O)CCC[C@H]2O. The van der Waals surface area contributed by atoms with Gasteiger partial charge in [0.15, 0.2) is 5.79 Å². The van der Waals surface area contributed by atoms with Gasteiger partial charge in [-0.2, -0.15) is 0 Å². The van der Waals surface area contributed by atoms with Gasteiger partial charge in [-0.05, 0) is 41.1 Å². The largest absolute Gasteiger partial charge is 0.405 e. The molecule has 2 fully saturated rings. The molecule has 4 rings (SSSR count). The lowest BCUT2D eigenvalue weighted by atomic mass is 9.64. The van der Waals surface area contributed by atoms with Crippen LogP contribution in [0.25, 0.3) is 0 Å². The zero-order chi connectivity index (χ0) is 23.7. The van der Waals surface area contributed by atoms with Crippen LogP contribution < -0.4 is 10.4 Å². The fraction of sp³-hybridized carbons (Fsp3) is 0.500. The van der Waals surface area contributed by atoms with Crippen LogP contribution in [0, 0.1) is 5.41 Å². The standard InChI is InChI=1S/C28H38O4Si/c1-5-18-27-20-22(32-28(27,30)19-12-17-25(27)29)21-31-33(26(2,3)4,23-13-8-6-9-14-23)24-15-10-7-11-16-24/h5-11,13-16,22,25,29-30H,1,12,17-21H2,2-4H3/t22-,25+,27-,28+/m0/s1. The van der Waals surface area contributed by atoms with E-state index in [2.05, 4.69) is 75.9 Å². The topological polar surface area (TPSA) is 58.9 Å². The van der Waals surface area contributed by atoms with Crippen LogP contribution in [0.15, 0.2) is 73.3 Å². The summed E-state index contributed by atoms with van der Waals surface area (Å²) in [6.45, 7) is 11.0. The van der Waals surface area contributed by atoms with Crippen molar-refractivity contribution in [2.75, 3.05) is 6.61 Å². The van der Waals surface area contributed by atoms with E-state index in [1.54, 1.807) is 6.08 Å². The summed E-state index contributed by atoms with van der Waals surface area (Å²) >= 11 is 0. The number of aliphatic hydroxyl groups excluding tert-OH is 1. The second kappa shape index (κ2) is 9.12. The van der Waals surface area contributed by atoms with Crippen LogP contribution >= 0.6 is 0 Å². The van der Waals surface area contributed by atoms with Gasteiger partial charge in [0.1, 0.15) is 0 Å². The van der Waals surface area contributed by atoms with E-state index in [0.29, 0.717) is 32.3 Å². The predicted molar refractivity (Wildman–Crippen MR) is 135 cm³/mol. The Morgan fingerprint density at radius 1 is 1.09 bits per heavy atom. The lowest BCUT2D eigenvalue weighted by Gasteiger charge is -2.47. The first-order chi connectivity index (χ1) is 15.7. The van der Waals surface area contributed by atoms with E-state index in [-0.39, 0.29) is 11.1 Å². The molecule has 5 heteroatoms. The fourth-order valence-electron chi connectivity index (χ4n) is 6.22. The third-order valence-corrected chi connectivity index (χ3v) is 12.8. The third kappa shape index (κ3) is 4.04. The molecule has 1 saturated carbocycles. The Morgan fingerprint density at radius 3 is 2.18 bits per heavy atom. The Morgan fingerprint density at radius 2 is 1.67 bits per heavy atom. The smallest absolute Gasteiger partial charge is 0.261 e. The van der Waals surface area contributed by atoms with Crippen LogP contribution in [0.3, 0.4) is 0 Å². The minimum Gasteiger partial charge on any atom is -0.405 e. The first kappa shape index (κ1) is 24.4. The summed E-state index contributed by atoms with van der Waals surface area (Å²) in [5.41, 5.74) is -0.716. The van der Waals surface area contributed by atoms with Crippen molar-refractivity contribution < 1.29 is 19.4 Å². The molecule has 33 heavy (non-hydrogen) atoms. The van der Waals surface area contributed by atoms with Crippen molar-refractivity contribution in [3.05, 3.63) is 73.3 Å². The van der Waals surface area contributed by atoms with Crippen LogP contribution in [0.5, 0.6) is 0 Å². The molecule has 0 spiro atoms. The monoisotopic (exact) mass is 466 g/mol. The van der Waals surface area contributed by atoms with Crippen LogP contribution in [-0.4, -0.2) is 43.1 Å². The van der Waals surface area contributed by atoms with Crippen molar-refractivity contribution in [2.45, 2.75) is 75.9 Å². The van der Waals surface area contributed by atoms with Crippen molar-refractivity contribution in [3.8, 4) is 0 Å². The van der Waals surface area contributed by atoms with E-state index in [4.69, 9.17) is 9.16 Å². The predicted octanol–water partition coefficient (Wildman–Crippen LogP) is 4.15. The first-order valence-electron chi connectivity index (χ1n) is 12.1. The molecule has 0 amide bonds. The Hall–Kier alpha value is -1.76. The highest BCUT2D eigenvalue weighted by Gasteiger charge is 2.63. The number of fused-ring (bicyclic) bond motifs is 1. The molecular weight excluding hydrogens is 428 g/mol. The van der Waals surface area contributed by atoms with Gasteiger partial charge in [-0.3, -0.25) is 0 Å².